The number of aromatic nitrogens is 1. The van der Waals surface area contributed by atoms with Gasteiger partial charge < -0.3 is 16.0 Å². The highest BCUT2D eigenvalue weighted by Crippen LogP contribution is 2.25. The van der Waals surface area contributed by atoms with Crippen LogP contribution in [0.5, 0.6) is 0 Å². The molecule has 1 heterocycles. The molecule has 0 fully saturated rings. The summed E-state index contributed by atoms with van der Waals surface area (Å²) in [5.41, 5.74) is 8.66. The summed E-state index contributed by atoms with van der Waals surface area (Å²) in [4.78, 5) is 6.63. The number of nitrogen functional groups attached to an aromatic ring is 1. The minimum absolute atomic E-state index is 0.420. The van der Waals surface area contributed by atoms with Crippen LogP contribution in [0.2, 0.25) is 0 Å². The molecule has 0 aliphatic heterocycles. The van der Waals surface area contributed by atoms with Gasteiger partial charge in [0.2, 0.25) is 0 Å². The van der Waals surface area contributed by atoms with Gasteiger partial charge >= 0.3 is 0 Å². The van der Waals surface area contributed by atoms with Crippen LogP contribution in [0.4, 0.5) is 11.4 Å². The summed E-state index contributed by atoms with van der Waals surface area (Å²) in [5, 5.41) is 4.81. The number of hydrogen-bond donors (Lipinski definition) is 2. The maximum atomic E-state index is 5.84. The molecule has 0 saturated heterocycles. The Labute approximate surface area is 127 Å². The molecule has 4 heteroatoms. The molecule has 0 saturated carbocycles. The fraction of sp³-hybridized carbons (Fsp3) is 0.471. The highest BCUT2D eigenvalue weighted by atomic mass is 15.1. The third-order valence-corrected chi connectivity index (χ3v) is 3.47. The van der Waals surface area contributed by atoms with Crippen LogP contribution in [0.3, 0.4) is 0 Å². The van der Waals surface area contributed by atoms with Gasteiger partial charge in [0.05, 0.1) is 5.52 Å². The van der Waals surface area contributed by atoms with E-state index in [4.69, 9.17) is 5.73 Å². The quantitative estimate of drug-likeness (QED) is 0.801. The number of likely N-dealkylation sites (N-methyl/N-ethyl adjacent to an activating group) is 1. The predicted octanol–water partition coefficient (Wildman–Crippen LogP) is 3.21. The Kier molecular flexibility index (Phi) is 5.02. The summed E-state index contributed by atoms with van der Waals surface area (Å²) in [6, 6.07) is 8.36. The number of rotatable bonds is 6. The second-order valence-corrected chi connectivity index (χ2v) is 6.37. The summed E-state index contributed by atoms with van der Waals surface area (Å²) in [6.07, 6.45) is 2.98. The third kappa shape index (κ3) is 4.33. The first-order valence-corrected chi connectivity index (χ1v) is 7.51. The van der Waals surface area contributed by atoms with Gasteiger partial charge in [0, 0.05) is 35.5 Å². The number of benzene rings is 1. The molecular formula is C17H26N4. The molecule has 1 aromatic heterocycles. The minimum atomic E-state index is 0.420. The summed E-state index contributed by atoms with van der Waals surface area (Å²) in [7, 11) is 4.22. The van der Waals surface area contributed by atoms with Crippen LogP contribution in [0, 0.1) is 5.92 Å². The van der Waals surface area contributed by atoms with Gasteiger partial charge in [0.25, 0.3) is 0 Å². The van der Waals surface area contributed by atoms with Crippen molar-refractivity contribution in [2.45, 2.75) is 26.3 Å². The van der Waals surface area contributed by atoms with Gasteiger partial charge in [0.1, 0.15) is 0 Å². The topological polar surface area (TPSA) is 54.2 Å². The van der Waals surface area contributed by atoms with Crippen molar-refractivity contribution in [1.82, 2.24) is 9.88 Å². The molecule has 1 aromatic carbocycles. The minimum Gasteiger partial charge on any atom is -0.399 e. The highest BCUT2D eigenvalue weighted by Gasteiger charge is 2.13. The van der Waals surface area contributed by atoms with Crippen molar-refractivity contribution in [2.24, 2.45) is 5.92 Å². The van der Waals surface area contributed by atoms with Crippen molar-refractivity contribution >= 4 is 22.3 Å². The number of nitrogens with one attached hydrogen (secondary N) is 1. The first kappa shape index (κ1) is 15.6. The van der Waals surface area contributed by atoms with Crippen molar-refractivity contribution < 1.29 is 0 Å². The maximum absolute atomic E-state index is 5.84. The predicted molar refractivity (Wildman–Crippen MR) is 91.6 cm³/mol. The van der Waals surface area contributed by atoms with Crippen LogP contribution in [0.1, 0.15) is 20.3 Å². The zero-order valence-corrected chi connectivity index (χ0v) is 13.4. The molecule has 0 aliphatic rings. The van der Waals surface area contributed by atoms with Gasteiger partial charge in [-0.3, -0.25) is 4.98 Å². The number of fused-ring (bicyclic) bond motifs is 1. The Balaban J connectivity index is 2.27. The Morgan fingerprint density at radius 3 is 2.67 bits per heavy atom. The molecule has 21 heavy (non-hydrogen) atoms. The molecule has 4 nitrogen and oxygen atoms in total. The molecule has 3 N–H and O–H groups in total. The lowest BCUT2D eigenvalue weighted by atomic mass is 10.0. The van der Waals surface area contributed by atoms with Crippen molar-refractivity contribution in [1.29, 1.82) is 0 Å². The van der Waals surface area contributed by atoms with Crippen LogP contribution < -0.4 is 11.1 Å². The van der Waals surface area contributed by atoms with Crippen LogP contribution in [0.25, 0.3) is 10.9 Å². The van der Waals surface area contributed by atoms with Crippen LogP contribution >= 0.6 is 0 Å². The van der Waals surface area contributed by atoms with Crippen LogP contribution in [0.15, 0.2) is 30.5 Å². The van der Waals surface area contributed by atoms with Gasteiger partial charge in [-0.25, -0.2) is 0 Å². The van der Waals surface area contributed by atoms with E-state index in [2.05, 4.69) is 43.1 Å². The van der Waals surface area contributed by atoms with E-state index in [1.165, 1.54) is 0 Å². The Morgan fingerprint density at radius 2 is 2.00 bits per heavy atom. The Bertz CT molecular complexity index is 582. The maximum Gasteiger partial charge on any atom is 0.0743 e. The van der Waals surface area contributed by atoms with E-state index in [1.54, 1.807) is 0 Å². The average molecular weight is 286 g/mol. The van der Waals surface area contributed by atoms with Crippen molar-refractivity contribution in [3.05, 3.63) is 30.5 Å². The lowest BCUT2D eigenvalue weighted by molar-refractivity contribution is 0.356. The van der Waals surface area contributed by atoms with E-state index in [1.807, 2.05) is 30.5 Å². The lowest BCUT2D eigenvalue weighted by Crippen LogP contribution is -2.33. The fourth-order valence-electron chi connectivity index (χ4n) is 2.70. The molecule has 114 valence electrons. The smallest absolute Gasteiger partial charge is 0.0743 e. The first-order chi connectivity index (χ1) is 9.95. The van der Waals surface area contributed by atoms with E-state index < -0.39 is 0 Å². The second-order valence-electron chi connectivity index (χ2n) is 6.37. The van der Waals surface area contributed by atoms with Gasteiger partial charge in [-0.15, -0.1) is 0 Å². The molecule has 0 aliphatic carbocycles. The van der Waals surface area contributed by atoms with Crippen LogP contribution in [-0.4, -0.2) is 36.6 Å². The van der Waals surface area contributed by atoms with Gasteiger partial charge in [-0.05, 0) is 50.7 Å². The molecule has 0 spiro atoms. The van der Waals surface area contributed by atoms with Crippen molar-refractivity contribution in [3.63, 3.8) is 0 Å². The van der Waals surface area contributed by atoms with Gasteiger partial charge in [0.15, 0.2) is 0 Å². The fourth-order valence-corrected chi connectivity index (χ4v) is 2.70. The second kappa shape index (κ2) is 6.76. The van der Waals surface area contributed by atoms with Crippen molar-refractivity contribution in [3.8, 4) is 0 Å². The SMILES string of the molecule is CC(C)CC(CN(C)C)Nc1ccnc2cc(N)ccc12. The summed E-state index contributed by atoms with van der Waals surface area (Å²) < 4.78 is 0. The summed E-state index contributed by atoms with van der Waals surface area (Å²) in [6.45, 7) is 5.53. The number of nitrogens with zero attached hydrogens (tertiary/aromatic N) is 2. The Morgan fingerprint density at radius 1 is 1.24 bits per heavy atom. The highest BCUT2D eigenvalue weighted by molar-refractivity contribution is 5.92. The largest absolute Gasteiger partial charge is 0.399 e. The number of hydrogen-bond acceptors (Lipinski definition) is 4. The number of anilines is 2. The molecule has 2 aromatic rings. The Hall–Kier alpha value is -1.81. The zero-order chi connectivity index (χ0) is 15.4. The number of nitrogens with two attached hydrogens (primary N) is 1. The van der Waals surface area contributed by atoms with Gasteiger partial charge in [-0.1, -0.05) is 13.8 Å². The lowest BCUT2D eigenvalue weighted by Gasteiger charge is -2.25. The van der Waals surface area contributed by atoms with E-state index in [0.717, 1.165) is 35.2 Å². The normalized spacial score (nSPS) is 13.0. The molecule has 0 amide bonds. The average Bonchev–Trinajstić information content (AvgIpc) is 2.36. The monoisotopic (exact) mass is 286 g/mol. The molecule has 2 rings (SSSR count). The summed E-state index contributed by atoms with van der Waals surface area (Å²) >= 11 is 0. The van der Waals surface area contributed by atoms with E-state index in [0.29, 0.717) is 12.0 Å². The zero-order valence-electron chi connectivity index (χ0n) is 13.4. The summed E-state index contributed by atoms with van der Waals surface area (Å²) in [5.74, 6) is 0.659. The van der Waals surface area contributed by atoms with E-state index >= 15 is 0 Å². The third-order valence-electron chi connectivity index (χ3n) is 3.47. The molecule has 0 bridgehead atoms. The van der Waals surface area contributed by atoms with Crippen LogP contribution in [-0.2, 0) is 0 Å². The molecular weight excluding hydrogens is 260 g/mol. The standard InChI is InChI=1S/C17H26N4/c1-12(2)9-14(11-21(3)4)20-16-7-8-19-17-10-13(18)5-6-15(16)17/h5-8,10,12,14H,9,11,18H2,1-4H3,(H,19,20). The van der Waals surface area contributed by atoms with E-state index in [9.17, 15) is 0 Å². The first-order valence-electron chi connectivity index (χ1n) is 7.51. The molecule has 0 radical (unpaired) electrons. The van der Waals surface area contributed by atoms with Crippen molar-refractivity contribution in [2.75, 3.05) is 31.7 Å². The number of pyridine rings is 1. The van der Waals surface area contributed by atoms with E-state index in [-0.39, 0.29) is 0 Å². The molecule has 1 atom stereocenters. The van der Waals surface area contributed by atoms with Gasteiger partial charge in [-0.2, -0.15) is 0 Å². The molecule has 1 unspecified atom stereocenters.